The molecule has 0 amide bonds. The first-order valence-corrected chi connectivity index (χ1v) is 5.81. The average molecular weight is 334 g/mol. The number of carbonyl (C=O) groups excluding carboxylic acids is 1. The minimum absolute atomic E-state index is 0.369. The third-order valence-electron chi connectivity index (χ3n) is 2.17. The van der Waals surface area contributed by atoms with Gasteiger partial charge in [0.1, 0.15) is 17.1 Å². The first kappa shape index (κ1) is 11.5. The smallest absolute Gasteiger partial charge is 0.345 e. The second-order valence-electron chi connectivity index (χ2n) is 3.87. The van der Waals surface area contributed by atoms with Crippen LogP contribution in [-0.2, 0) is 4.74 Å². The van der Waals surface area contributed by atoms with E-state index in [2.05, 4.69) is 22.6 Å². The minimum atomic E-state index is -0.929. The maximum Gasteiger partial charge on any atom is 0.345 e. The zero-order valence-corrected chi connectivity index (χ0v) is 11.3. The zero-order valence-electron chi connectivity index (χ0n) is 9.17. The predicted octanol–water partition coefficient (Wildman–Crippen LogP) is 2.59. The number of hydrogen-bond acceptors (Lipinski definition) is 4. The zero-order chi connectivity index (χ0) is 11.9. The van der Waals surface area contributed by atoms with E-state index in [-0.39, 0.29) is 5.97 Å². The van der Waals surface area contributed by atoms with E-state index < -0.39 is 5.79 Å². The Morgan fingerprint density at radius 3 is 2.62 bits per heavy atom. The Hall–Kier alpha value is -0.980. The van der Waals surface area contributed by atoms with Gasteiger partial charge in [-0.05, 0) is 28.7 Å². The fraction of sp³-hybridized carbons (Fsp3) is 0.364. The van der Waals surface area contributed by atoms with E-state index in [0.29, 0.717) is 17.1 Å². The van der Waals surface area contributed by atoms with Gasteiger partial charge < -0.3 is 14.2 Å². The molecule has 0 fully saturated rings. The molecule has 4 nitrogen and oxygen atoms in total. The van der Waals surface area contributed by atoms with Crippen molar-refractivity contribution in [2.45, 2.75) is 19.6 Å². The molecule has 0 unspecified atom stereocenters. The molecule has 1 aromatic carbocycles. The third-order valence-corrected chi connectivity index (χ3v) is 3.01. The Bertz CT molecular complexity index is 454. The molecule has 0 N–H and O–H groups in total. The number of halogens is 1. The van der Waals surface area contributed by atoms with E-state index in [1.807, 2.05) is 0 Å². The van der Waals surface area contributed by atoms with Gasteiger partial charge in [-0.25, -0.2) is 4.79 Å². The molecule has 0 aliphatic carbocycles. The van der Waals surface area contributed by atoms with Gasteiger partial charge in [0.2, 0.25) is 5.79 Å². The van der Waals surface area contributed by atoms with Gasteiger partial charge in [0.25, 0.3) is 0 Å². The molecular formula is C11H11IO4. The molecular weight excluding hydrogens is 323 g/mol. The molecule has 0 saturated heterocycles. The lowest BCUT2D eigenvalue weighted by atomic mass is 10.1. The van der Waals surface area contributed by atoms with Gasteiger partial charge in [0.15, 0.2) is 0 Å². The maximum absolute atomic E-state index is 11.7. The Labute approximate surface area is 107 Å². The van der Waals surface area contributed by atoms with E-state index in [0.717, 1.165) is 3.57 Å². The van der Waals surface area contributed by atoms with Crippen LogP contribution in [0.2, 0.25) is 0 Å². The van der Waals surface area contributed by atoms with Crippen LogP contribution in [0.1, 0.15) is 24.2 Å². The van der Waals surface area contributed by atoms with Gasteiger partial charge in [0, 0.05) is 19.9 Å². The van der Waals surface area contributed by atoms with Crippen LogP contribution in [0, 0.1) is 3.57 Å². The summed E-state index contributed by atoms with van der Waals surface area (Å²) in [5.41, 5.74) is 0.435. The molecule has 0 bridgehead atoms. The van der Waals surface area contributed by atoms with E-state index >= 15 is 0 Å². The summed E-state index contributed by atoms with van der Waals surface area (Å²) >= 11 is 2.10. The summed E-state index contributed by atoms with van der Waals surface area (Å²) in [6.45, 7) is 3.39. The average Bonchev–Trinajstić information content (AvgIpc) is 2.17. The molecule has 0 aromatic heterocycles. The minimum Gasteiger partial charge on any atom is -0.496 e. The summed E-state index contributed by atoms with van der Waals surface area (Å²) in [6.07, 6.45) is 0. The molecule has 0 radical (unpaired) electrons. The van der Waals surface area contributed by atoms with Crippen molar-refractivity contribution in [3.63, 3.8) is 0 Å². The van der Waals surface area contributed by atoms with Crippen LogP contribution in [-0.4, -0.2) is 18.9 Å². The number of hydrogen-bond donors (Lipinski definition) is 0. The van der Waals surface area contributed by atoms with Crippen LogP contribution < -0.4 is 9.47 Å². The highest BCUT2D eigenvalue weighted by molar-refractivity contribution is 14.1. The van der Waals surface area contributed by atoms with Gasteiger partial charge in [-0.15, -0.1) is 0 Å². The lowest BCUT2D eigenvalue weighted by Crippen LogP contribution is -2.38. The highest BCUT2D eigenvalue weighted by Gasteiger charge is 2.34. The molecule has 1 aliphatic rings. The van der Waals surface area contributed by atoms with E-state index in [1.165, 1.54) is 0 Å². The van der Waals surface area contributed by atoms with Crippen LogP contribution >= 0.6 is 22.6 Å². The van der Waals surface area contributed by atoms with Gasteiger partial charge in [-0.3, -0.25) is 0 Å². The Morgan fingerprint density at radius 1 is 1.31 bits per heavy atom. The second-order valence-corrected chi connectivity index (χ2v) is 5.04. The van der Waals surface area contributed by atoms with Crippen molar-refractivity contribution in [1.82, 2.24) is 0 Å². The van der Waals surface area contributed by atoms with Gasteiger partial charge >= 0.3 is 5.97 Å². The van der Waals surface area contributed by atoms with Gasteiger partial charge in [-0.1, -0.05) is 0 Å². The van der Waals surface area contributed by atoms with E-state index in [9.17, 15) is 4.79 Å². The molecule has 16 heavy (non-hydrogen) atoms. The highest BCUT2D eigenvalue weighted by Crippen LogP contribution is 2.36. The lowest BCUT2D eigenvalue weighted by molar-refractivity contribution is -0.127. The largest absolute Gasteiger partial charge is 0.496 e. The molecule has 5 heteroatoms. The first-order valence-electron chi connectivity index (χ1n) is 4.73. The number of ether oxygens (including phenoxy) is 3. The maximum atomic E-state index is 11.7. The first-order chi connectivity index (χ1) is 7.43. The monoisotopic (exact) mass is 334 g/mol. The topological polar surface area (TPSA) is 44.8 Å². The van der Waals surface area contributed by atoms with E-state index in [4.69, 9.17) is 14.2 Å². The Morgan fingerprint density at radius 2 is 2.00 bits per heavy atom. The van der Waals surface area contributed by atoms with Crippen molar-refractivity contribution in [3.8, 4) is 11.5 Å². The van der Waals surface area contributed by atoms with Crippen LogP contribution in [0.3, 0.4) is 0 Å². The van der Waals surface area contributed by atoms with Gasteiger partial charge in [-0.2, -0.15) is 0 Å². The number of rotatable bonds is 1. The number of fused-ring (bicyclic) bond motifs is 1. The summed E-state index contributed by atoms with van der Waals surface area (Å²) in [7, 11) is 1.58. The molecule has 1 heterocycles. The fourth-order valence-electron chi connectivity index (χ4n) is 1.50. The Kier molecular flexibility index (Phi) is 2.73. The summed E-state index contributed by atoms with van der Waals surface area (Å²) in [5, 5.41) is 0. The van der Waals surface area contributed by atoms with Crippen LogP contribution in [0.5, 0.6) is 11.5 Å². The van der Waals surface area contributed by atoms with Crippen LogP contribution in [0.25, 0.3) is 0 Å². The van der Waals surface area contributed by atoms with Gasteiger partial charge in [0.05, 0.1) is 10.7 Å². The lowest BCUT2D eigenvalue weighted by Gasteiger charge is -2.31. The molecule has 0 atom stereocenters. The molecule has 86 valence electrons. The normalized spacial score (nSPS) is 17.1. The van der Waals surface area contributed by atoms with E-state index in [1.54, 1.807) is 33.1 Å². The number of benzene rings is 1. The predicted molar refractivity (Wildman–Crippen MR) is 65.8 cm³/mol. The summed E-state index contributed by atoms with van der Waals surface area (Å²) in [6, 6.07) is 3.41. The molecule has 1 aliphatic heterocycles. The van der Waals surface area contributed by atoms with Crippen molar-refractivity contribution in [2.75, 3.05) is 7.11 Å². The molecule has 0 saturated carbocycles. The summed E-state index contributed by atoms with van der Waals surface area (Å²) in [5.74, 6) is -0.114. The summed E-state index contributed by atoms with van der Waals surface area (Å²) < 4.78 is 16.7. The van der Waals surface area contributed by atoms with Crippen molar-refractivity contribution in [2.24, 2.45) is 0 Å². The molecule has 2 rings (SSSR count). The number of cyclic esters (lactones) is 1. The van der Waals surface area contributed by atoms with Crippen LogP contribution in [0.4, 0.5) is 0 Å². The fourth-order valence-corrected chi connectivity index (χ4v) is 2.19. The quantitative estimate of drug-likeness (QED) is 0.585. The summed E-state index contributed by atoms with van der Waals surface area (Å²) in [4.78, 5) is 11.7. The van der Waals surface area contributed by atoms with Crippen molar-refractivity contribution < 1.29 is 19.0 Å². The van der Waals surface area contributed by atoms with Crippen molar-refractivity contribution >= 4 is 28.6 Å². The van der Waals surface area contributed by atoms with Crippen molar-refractivity contribution in [1.29, 1.82) is 0 Å². The highest BCUT2D eigenvalue weighted by atomic mass is 127. The van der Waals surface area contributed by atoms with Crippen LogP contribution in [0.15, 0.2) is 12.1 Å². The number of esters is 1. The van der Waals surface area contributed by atoms with Crippen molar-refractivity contribution in [3.05, 3.63) is 21.3 Å². The second kappa shape index (κ2) is 3.80. The molecule has 1 aromatic rings. The standard InChI is InChI=1S/C11H11IO4/c1-11(2)15-8-5-9(14-3)7(12)4-6(8)10(13)16-11/h4-5H,1-3H3. The molecule has 0 spiro atoms. The number of carbonyl (C=O) groups is 1. The SMILES string of the molecule is COc1cc2c(cc1I)C(=O)OC(C)(C)O2. The number of methoxy groups -OCH3 is 1. The Balaban J connectivity index is 2.54. The third kappa shape index (κ3) is 1.95.